The van der Waals surface area contributed by atoms with Crippen molar-refractivity contribution in [1.82, 2.24) is 4.98 Å². The van der Waals surface area contributed by atoms with E-state index in [-0.39, 0.29) is 0 Å². The van der Waals surface area contributed by atoms with E-state index >= 15 is 0 Å². The summed E-state index contributed by atoms with van der Waals surface area (Å²) < 4.78 is 0. The summed E-state index contributed by atoms with van der Waals surface area (Å²) in [7, 11) is 0. The van der Waals surface area contributed by atoms with Gasteiger partial charge in [0.05, 0.1) is 17.3 Å². The van der Waals surface area contributed by atoms with Crippen LogP contribution in [-0.2, 0) is 0 Å². The van der Waals surface area contributed by atoms with E-state index in [2.05, 4.69) is 16.4 Å². The summed E-state index contributed by atoms with van der Waals surface area (Å²) in [5, 5.41) is 19.9. The molecule has 0 saturated heterocycles. The van der Waals surface area contributed by atoms with Crippen molar-refractivity contribution in [3.63, 3.8) is 0 Å². The molecule has 0 fully saturated rings. The first-order valence-electron chi connectivity index (χ1n) is 7.32. The summed E-state index contributed by atoms with van der Waals surface area (Å²) in [4.78, 5) is 4.11. The maximum atomic E-state index is 9.01. The van der Waals surface area contributed by atoms with Gasteiger partial charge in [-0.15, -0.1) is 0 Å². The van der Waals surface area contributed by atoms with Crippen LogP contribution in [0.4, 0.5) is 17.1 Å². The van der Waals surface area contributed by atoms with Gasteiger partial charge in [0.1, 0.15) is 0 Å². The highest BCUT2D eigenvalue weighted by molar-refractivity contribution is 5.89. The van der Waals surface area contributed by atoms with Gasteiger partial charge in [0.2, 0.25) is 0 Å². The molecular formula is C19H15N5. The van der Waals surface area contributed by atoms with E-state index in [1.165, 1.54) is 6.21 Å². The van der Waals surface area contributed by atoms with Crippen molar-refractivity contribution in [2.24, 2.45) is 0 Å². The number of nitriles is 1. The van der Waals surface area contributed by atoms with Crippen LogP contribution in [-0.4, -0.2) is 11.2 Å². The minimum Gasteiger partial charge on any atom is -0.397 e. The summed E-state index contributed by atoms with van der Waals surface area (Å²) in [5.74, 6) is 0. The van der Waals surface area contributed by atoms with Crippen molar-refractivity contribution in [1.29, 1.82) is 10.7 Å². The number of nitrogens with zero attached hydrogens (tertiary/aromatic N) is 2. The van der Waals surface area contributed by atoms with E-state index in [0.29, 0.717) is 11.3 Å². The third-order valence-corrected chi connectivity index (χ3v) is 3.57. The Morgan fingerprint density at radius 2 is 1.96 bits per heavy atom. The fourth-order valence-corrected chi connectivity index (χ4v) is 2.41. The fraction of sp³-hybridized carbons (Fsp3) is 0. The normalized spacial score (nSPS) is 9.96. The zero-order valence-corrected chi connectivity index (χ0v) is 12.8. The highest BCUT2D eigenvalue weighted by Crippen LogP contribution is 2.28. The number of nitrogens with two attached hydrogens (primary N) is 1. The van der Waals surface area contributed by atoms with Crippen molar-refractivity contribution in [3.8, 4) is 17.2 Å². The van der Waals surface area contributed by atoms with Crippen LogP contribution in [0.15, 0.2) is 60.9 Å². The average Bonchev–Trinajstić information content (AvgIpc) is 2.62. The summed E-state index contributed by atoms with van der Waals surface area (Å²) in [6.45, 7) is 0. The number of benzene rings is 2. The number of hydrogen-bond donors (Lipinski definition) is 3. The zero-order valence-electron chi connectivity index (χ0n) is 12.8. The van der Waals surface area contributed by atoms with Gasteiger partial charge in [-0.2, -0.15) is 5.26 Å². The van der Waals surface area contributed by atoms with Crippen LogP contribution in [0.3, 0.4) is 0 Å². The van der Waals surface area contributed by atoms with Crippen LogP contribution < -0.4 is 11.1 Å². The maximum absolute atomic E-state index is 9.01. The number of rotatable bonds is 4. The van der Waals surface area contributed by atoms with E-state index in [4.69, 9.17) is 16.4 Å². The van der Waals surface area contributed by atoms with Crippen molar-refractivity contribution in [3.05, 3.63) is 72.1 Å². The lowest BCUT2D eigenvalue weighted by atomic mass is 10.0. The molecule has 0 aliphatic heterocycles. The van der Waals surface area contributed by atoms with Gasteiger partial charge in [-0.3, -0.25) is 4.98 Å². The molecule has 0 amide bonds. The second kappa shape index (κ2) is 6.63. The largest absolute Gasteiger partial charge is 0.397 e. The third-order valence-electron chi connectivity index (χ3n) is 3.57. The summed E-state index contributed by atoms with van der Waals surface area (Å²) in [5.41, 5.74) is 11.1. The van der Waals surface area contributed by atoms with Gasteiger partial charge in [0.15, 0.2) is 0 Å². The number of nitrogens with one attached hydrogen (secondary N) is 2. The smallest absolute Gasteiger partial charge is 0.0992 e. The second-order valence-electron chi connectivity index (χ2n) is 5.27. The standard InChI is InChI=1S/C19H15N5/c20-9-13-2-1-3-18(6-13)24-19-8-14(4-5-15(19)10-21)16-7-17(22)12-23-11-16/h1-8,10-12,21,24H,22H2. The van der Waals surface area contributed by atoms with E-state index in [1.54, 1.807) is 24.5 Å². The topological polar surface area (TPSA) is 98.6 Å². The van der Waals surface area contributed by atoms with E-state index in [0.717, 1.165) is 28.1 Å². The lowest BCUT2D eigenvalue weighted by Crippen LogP contribution is -1.97. The minimum absolute atomic E-state index is 0.576. The molecule has 4 N–H and O–H groups in total. The first kappa shape index (κ1) is 15.3. The van der Waals surface area contributed by atoms with Gasteiger partial charge in [-0.25, -0.2) is 0 Å². The van der Waals surface area contributed by atoms with Gasteiger partial charge in [0, 0.05) is 41.1 Å². The molecule has 1 heterocycles. The van der Waals surface area contributed by atoms with Crippen LogP contribution in [0, 0.1) is 16.7 Å². The lowest BCUT2D eigenvalue weighted by molar-refractivity contribution is 1.33. The summed E-state index contributed by atoms with van der Waals surface area (Å²) in [6.07, 6.45) is 4.63. The number of pyridine rings is 1. The van der Waals surface area contributed by atoms with E-state index in [9.17, 15) is 0 Å². The SMILES string of the molecule is N#Cc1cccc(Nc2cc(-c3cncc(N)c3)ccc2C=N)c1. The molecule has 0 atom stereocenters. The molecule has 0 bridgehead atoms. The molecule has 1 aromatic heterocycles. The van der Waals surface area contributed by atoms with E-state index in [1.807, 2.05) is 36.4 Å². The molecule has 3 aromatic rings. The second-order valence-corrected chi connectivity index (χ2v) is 5.27. The molecular weight excluding hydrogens is 298 g/mol. The molecule has 5 heteroatoms. The number of anilines is 3. The molecule has 0 unspecified atom stereocenters. The maximum Gasteiger partial charge on any atom is 0.0992 e. The van der Waals surface area contributed by atoms with Gasteiger partial charge < -0.3 is 16.5 Å². The molecule has 0 aliphatic carbocycles. The quantitative estimate of drug-likeness (QED) is 0.635. The van der Waals surface area contributed by atoms with Gasteiger partial charge >= 0.3 is 0 Å². The van der Waals surface area contributed by atoms with Crippen molar-refractivity contribution < 1.29 is 0 Å². The summed E-state index contributed by atoms with van der Waals surface area (Å²) in [6, 6.07) is 16.9. The Labute approximate surface area is 139 Å². The van der Waals surface area contributed by atoms with Crippen molar-refractivity contribution >= 4 is 23.3 Å². The molecule has 3 rings (SSSR count). The van der Waals surface area contributed by atoms with Crippen LogP contribution in [0.2, 0.25) is 0 Å². The Bertz CT molecular complexity index is 940. The third kappa shape index (κ3) is 3.23. The van der Waals surface area contributed by atoms with Crippen LogP contribution in [0.25, 0.3) is 11.1 Å². The van der Waals surface area contributed by atoms with Crippen molar-refractivity contribution in [2.75, 3.05) is 11.1 Å². The summed E-state index contributed by atoms with van der Waals surface area (Å²) >= 11 is 0. The molecule has 0 spiro atoms. The monoisotopic (exact) mass is 313 g/mol. The lowest BCUT2D eigenvalue weighted by Gasteiger charge is -2.12. The number of nitrogen functional groups attached to an aromatic ring is 1. The van der Waals surface area contributed by atoms with Crippen LogP contribution >= 0.6 is 0 Å². The molecule has 5 nitrogen and oxygen atoms in total. The highest BCUT2D eigenvalue weighted by atomic mass is 14.9. The Kier molecular flexibility index (Phi) is 4.21. The van der Waals surface area contributed by atoms with Crippen molar-refractivity contribution in [2.45, 2.75) is 0 Å². The Morgan fingerprint density at radius 3 is 2.71 bits per heavy atom. The Morgan fingerprint density at radius 1 is 1.08 bits per heavy atom. The molecule has 0 radical (unpaired) electrons. The zero-order chi connectivity index (χ0) is 16.9. The van der Waals surface area contributed by atoms with Crippen LogP contribution in [0.1, 0.15) is 11.1 Å². The molecule has 2 aromatic carbocycles. The Balaban J connectivity index is 2.01. The average molecular weight is 313 g/mol. The number of aromatic nitrogens is 1. The predicted octanol–water partition coefficient (Wildman–Crippen LogP) is 3.94. The predicted molar refractivity (Wildman–Crippen MR) is 96.4 cm³/mol. The van der Waals surface area contributed by atoms with Gasteiger partial charge in [0.25, 0.3) is 0 Å². The molecule has 24 heavy (non-hydrogen) atoms. The first-order chi connectivity index (χ1) is 11.7. The van der Waals surface area contributed by atoms with Crippen LogP contribution in [0.5, 0.6) is 0 Å². The van der Waals surface area contributed by atoms with Gasteiger partial charge in [-0.05, 0) is 35.9 Å². The molecule has 0 saturated carbocycles. The highest BCUT2D eigenvalue weighted by Gasteiger charge is 2.06. The molecule has 0 aliphatic rings. The Hall–Kier alpha value is -3.65. The van der Waals surface area contributed by atoms with E-state index < -0.39 is 0 Å². The molecule has 116 valence electrons. The van der Waals surface area contributed by atoms with Gasteiger partial charge in [-0.1, -0.05) is 18.2 Å². The minimum atomic E-state index is 0.576. The number of hydrogen-bond acceptors (Lipinski definition) is 5. The first-order valence-corrected chi connectivity index (χ1v) is 7.32. The fourth-order valence-electron chi connectivity index (χ4n) is 2.41.